The first kappa shape index (κ1) is 11.6. The summed E-state index contributed by atoms with van der Waals surface area (Å²) in [5.74, 6) is 0.677. The number of nitrogens with one attached hydrogen (secondary N) is 1. The minimum Gasteiger partial charge on any atom is -0.333 e. The third-order valence-corrected chi connectivity index (χ3v) is 5.78. The highest BCUT2D eigenvalue weighted by molar-refractivity contribution is 8.00. The van der Waals surface area contributed by atoms with Gasteiger partial charge in [0.05, 0.1) is 6.33 Å². The molecule has 4 heteroatoms. The Morgan fingerprint density at radius 2 is 2.47 bits per heavy atom. The predicted octanol–water partition coefficient (Wildman–Crippen LogP) is 2.25. The largest absolute Gasteiger partial charge is 0.333 e. The van der Waals surface area contributed by atoms with Crippen LogP contribution in [0.15, 0.2) is 12.5 Å². The Balaban J connectivity index is 1.76. The Morgan fingerprint density at radius 3 is 3.06 bits per heavy atom. The molecular formula is C13H21N3S. The standard InChI is InChI=1S/C13H21N3S/c1-17-13(4-2-5-13)9-16-10-15-8-12(16)11-3-6-14-7-11/h8,10-11,14H,2-7,9H2,1H3. The van der Waals surface area contributed by atoms with Crippen molar-refractivity contribution in [2.45, 2.75) is 42.9 Å². The van der Waals surface area contributed by atoms with Gasteiger partial charge in [0.15, 0.2) is 0 Å². The van der Waals surface area contributed by atoms with E-state index >= 15 is 0 Å². The van der Waals surface area contributed by atoms with Crippen molar-refractivity contribution in [3.8, 4) is 0 Å². The lowest BCUT2D eigenvalue weighted by molar-refractivity contribution is 0.317. The molecule has 3 nitrogen and oxygen atoms in total. The average molecular weight is 251 g/mol. The zero-order valence-corrected chi connectivity index (χ0v) is 11.3. The van der Waals surface area contributed by atoms with Gasteiger partial charge in [0.2, 0.25) is 0 Å². The fraction of sp³-hybridized carbons (Fsp3) is 0.769. The summed E-state index contributed by atoms with van der Waals surface area (Å²) in [6.45, 7) is 3.43. The maximum atomic E-state index is 4.37. The quantitative estimate of drug-likeness (QED) is 0.890. The van der Waals surface area contributed by atoms with Crippen molar-refractivity contribution in [2.75, 3.05) is 19.3 Å². The minimum absolute atomic E-state index is 0.501. The molecule has 1 aliphatic heterocycles. The topological polar surface area (TPSA) is 29.9 Å². The number of aromatic nitrogens is 2. The smallest absolute Gasteiger partial charge is 0.0948 e. The van der Waals surface area contributed by atoms with Crippen LogP contribution in [0.25, 0.3) is 0 Å². The first-order valence-electron chi connectivity index (χ1n) is 6.59. The Bertz CT molecular complexity index is 372. The molecule has 0 spiro atoms. The first-order valence-corrected chi connectivity index (χ1v) is 7.81. The van der Waals surface area contributed by atoms with Gasteiger partial charge in [0.1, 0.15) is 0 Å². The normalized spacial score (nSPS) is 27.0. The van der Waals surface area contributed by atoms with E-state index in [1.807, 2.05) is 18.1 Å². The first-order chi connectivity index (χ1) is 8.33. The zero-order valence-electron chi connectivity index (χ0n) is 10.5. The second kappa shape index (κ2) is 4.65. The molecule has 1 aliphatic carbocycles. The molecule has 17 heavy (non-hydrogen) atoms. The van der Waals surface area contributed by atoms with E-state index in [9.17, 15) is 0 Å². The maximum Gasteiger partial charge on any atom is 0.0948 e. The lowest BCUT2D eigenvalue weighted by Gasteiger charge is -2.41. The van der Waals surface area contributed by atoms with Crippen LogP contribution >= 0.6 is 11.8 Å². The van der Waals surface area contributed by atoms with Crippen LogP contribution in [0.4, 0.5) is 0 Å². The van der Waals surface area contributed by atoms with Crippen LogP contribution in [0.5, 0.6) is 0 Å². The molecule has 2 heterocycles. The lowest BCUT2D eigenvalue weighted by atomic mass is 9.84. The average Bonchev–Trinajstić information content (AvgIpc) is 2.93. The zero-order chi connectivity index (χ0) is 11.7. The summed E-state index contributed by atoms with van der Waals surface area (Å²) in [7, 11) is 0. The second-order valence-electron chi connectivity index (χ2n) is 5.38. The Morgan fingerprint density at radius 1 is 1.59 bits per heavy atom. The fourth-order valence-electron chi connectivity index (χ4n) is 3.02. The summed E-state index contributed by atoms with van der Waals surface area (Å²) in [4.78, 5) is 4.37. The van der Waals surface area contributed by atoms with E-state index in [-0.39, 0.29) is 0 Å². The molecule has 1 saturated heterocycles. The molecule has 1 unspecified atom stereocenters. The molecule has 0 radical (unpaired) electrons. The molecule has 2 fully saturated rings. The van der Waals surface area contributed by atoms with Crippen LogP contribution in [-0.4, -0.2) is 33.6 Å². The van der Waals surface area contributed by atoms with Crippen molar-refractivity contribution >= 4 is 11.8 Å². The SMILES string of the molecule is CSC1(Cn2cncc2C2CCNC2)CCC1. The number of imidazole rings is 1. The third kappa shape index (κ3) is 2.13. The highest BCUT2D eigenvalue weighted by Gasteiger charge is 2.37. The van der Waals surface area contributed by atoms with Crippen LogP contribution < -0.4 is 5.32 Å². The highest BCUT2D eigenvalue weighted by atomic mass is 32.2. The predicted molar refractivity (Wildman–Crippen MR) is 72.6 cm³/mol. The van der Waals surface area contributed by atoms with Gasteiger partial charge in [-0.1, -0.05) is 6.42 Å². The van der Waals surface area contributed by atoms with Crippen LogP contribution in [0.3, 0.4) is 0 Å². The molecule has 1 aromatic rings. The molecule has 1 saturated carbocycles. The number of nitrogens with zero attached hydrogens (tertiary/aromatic N) is 2. The molecule has 1 N–H and O–H groups in total. The number of hydrogen-bond acceptors (Lipinski definition) is 3. The highest BCUT2D eigenvalue weighted by Crippen LogP contribution is 2.44. The van der Waals surface area contributed by atoms with Crippen molar-refractivity contribution < 1.29 is 0 Å². The molecule has 0 bridgehead atoms. The van der Waals surface area contributed by atoms with Gasteiger partial charge in [-0.15, -0.1) is 0 Å². The molecular weight excluding hydrogens is 230 g/mol. The van der Waals surface area contributed by atoms with Crippen molar-refractivity contribution in [3.05, 3.63) is 18.2 Å². The van der Waals surface area contributed by atoms with Gasteiger partial charge in [0.25, 0.3) is 0 Å². The summed E-state index contributed by atoms with van der Waals surface area (Å²) >= 11 is 2.04. The van der Waals surface area contributed by atoms with Crippen molar-refractivity contribution in [2.24, 2.45) is 0 Å². The van der Waals surface area contributed by atoms with Gasteiger partial charge in [-0.05, 0) is 32.1 Å². The van der Waals surface area contributed by atoms with E-state index in [4.69, 9.17) is 0 Å². The maximum absolute atomic E-state index is 4.37. The van der Waals surface area contributed by atoms with Crippen LogP contribution in [0, 0.1) is 0 Å². The summed E-state index contributed by atoms with van der Waals surface area (Å²) in [6, 6.07) is 0. The minimum atomic E-state index is 0.501. The van der Waals surface area contributed by atoms with Gasteiger partial charge < -0.3 is 9.88 Å². The summed E-state index contributed by atoms with van der Waals surface area (Å²) in [5.41, 5.74) is 1.44. The van der Waals surface area contributed by atoms with E-state index in [1.54, 1.807) is 0 Å². The van der Waals surface area contributed by atoms with Gasteiger partial charge >= 0.3 is 0 Å². The van der Waals surface area contributed by atoms with Gasteiger partial charge in [0, 0.05) is 35.6 Å². The van der Waals surface area contributed by atoms with E-state index in [1.165, 1.54) is 31.4 Å². The second-order valence-corrected chi connectivity index (χ2v) is 6.65. The van der Waals surface area contributed by atoms with Crippen molar-refractivity contribution in [1.29, 1.82) is 0 Å². The third-order valence-electron chi connectivity index (χ3n) is 4.38. The Labute approximate surface area is 107 Å². The monoisotopic (exact) mass is 251 g/mol. The van der Waals surface area contributed by atoms with Crippen molar-refractivity contribution in [3.63, 3.8) is 0 Å². The van der Waals surface area contributed by atoms with Gasteiger partial charge in [-0.3, -0.25) is 0 Å². The molecule has 1 aromatic heterocycles. The lowest BCUT2D eigenvalue weighted by Crippen LogP contribution is -2.38. The molecule has 0 amide bonds. The Kier molecular flexibility index (Phi) is 3.17. The van der Waals surface area contributed by atoms with E-state index in [2.05, 4.69) is 27.3 Å². The van der Waals surface area contributed by atoms with Crippen molar-refractivity contribution in [1.82, 2.24) is 14.9 Å². The molecule has 1 atom stereocenters. The number of thioether (sulfide) groups is 1. The molecule has 3 rings (SSSR count). The number of rotatable bonds is 4. The Hall–Kier alpha value is -0.480. The molecule has 2 aliphatic rings. The summed E-state index contributed by atoms with van der Waals surface area (Å²) < 4.78 is 2.91. The number of hydrogen-bond donors (Lipinski definition) is 1. The van der Waals surface area contributed by atoms with Crippen LogP contribution in [0.1, 0.15) is 37.3 Å². The van der Waals surface area contributed by atoms with Crippen LogP contribution in [0.2, 0.25) is 0 Å². The van der Waals surface area contributed by atoms with Gasteiger partial charge in [-0.2, -0.15) is 11.8 Å². The van der Waals surface area contributed by atoms with E-state index in [0.29, 0.717) is 10.7 Å². The van der Waals surface area contributed by atoms with Gasteiger partial charge in [-0.25, -0.2) is 4.98 Å². The summed E-state index contributed by atoms with van der Waals surface area (Å²) in [5, 5.41) is 3.45. The molecule has 94 valence electrons. The fourth-order valence-corrected chi connectivity index (χ4v) is 3.98. The summed E-state index contributed by atoms with van der Waals surface area (Å²) in [6.07, 6.45) is 11.8. The molecule has 0 aromatic carbocycles. The van der Waals surface area contributed by atoms with Crippen LogP contribution in [-0.2, 0) is 6.54 Å². The van der Waals surface area contributed by atoms with E-state index < -0.39 is 0 Å². The van der Waals surface area contributed by atoms with E-state index in [0.717, 1.165) is 19.6 Å².